The van der Waals surface area contributed by atoms with Gasteiger partial charge in [-0.1, -0.05) is 23.2 Å². The molecule has 2 atom stereocenters. The van der Waals surface area contributed by atoms with E-state index in [9.17, 15) is 4.55 Å². The SMILES string of the molecule is C[C@@H](Cl)[S+](=N)([O-])c1ccc(Cl)cc1. The summed E-state index contributed by atoms with van der Waals surface area (Å²) < 4.78 is 18.5. The molecule has 1 rings (SSSR count). The average Bonchev–Trinajstić information content (AvgIpc) is 2.04. The molecule has 1 aromatic rings. The number of halogens is 2. The predicted octanol–water partition coefficient (Wildman–Crippen LogP) is 3.33. The van der Waals surface area contributed by atoms with Gasteiger partial charge in [-0.2, -0.15) is 4.78 Å². The van der Waals surface area contributed by atoms with Crippen LogP contribution in [0.15, 0.2) is 29.2 Å². The van der Waals surface area contributed by atoms with E-state index in [1.807, 2.05) is 0 Å². The van der Waals surface area contributed by atoms with E-state index in [2.05, 4.69) is 0 Å². The minimum absolute atomic E-state index is 0.416. The van der Waals surface area contributed by atoms with Crippen molar-refractivity contribution in [2.24, 2.45) is 0 Å². The molecule has 2 nitrogen and oxygen atoms in total. The van der Waals surface area contributed by atoms with Gasteiger partial charge in [0.1, 0.15) is 4.90 Å². The van der Waals surface area contributed by atoms with Gasteiger partial charge < -0.3 is 4.55 Å². The Balaban J connectivity index is 3.09. The minimum atomic E-state index is -2.89. The summed E-state index contributed by atoms with van der Waals surface area (Å²) in [4.78, 5) is 0.416. The normalized spacial score (nSPS) is 17.8. The summed E-state index contributed by atoms with van der Waals surface area (Å²) in [7, 11) is -2.89. The van der Waals surface area contributed by atoms with Crippen molar-refractivity contribution in [1.29, 1.82) is 4.78 Å². The third kappa shape index (κ3) is 2.44. The van der Waals surface area contributed by atoms with E-state index >= 15 is 0 Å². The molecule has 13 heavy (non-hydrogen) atoms. The van der Waals surface area contributed by atoms with Crippen molar-refractivity contribution in [3.05, 3.63) is 29.3 Å². The fourth-order valence-electron chi connectivity index (χ4n) is 0.824. The van der Waals surface area contributed by atoms with Gasteiger partial charge in [0.05, 0.1) is 0 Å². The van der Waals surface area contributed by atoms with Crippen molar-refractivity contribution in [3.8, 4) is 0 Å². The molecule has 0 aliphatic heterocycles. The molecular formula is C8H9Cl2NOS. The Morgan fingerprint density at radius 3 is 2.23 bits per heavy atom. The first-order valence-electron chi connectivity index (χ1n) is 3.62. The van der Waals surface area contributed by atoms with E-state index in [0.29, 0.717) is 9.92 Å². The summed E-state index contributed by atoms with van der Waals surface area (Å²) in [5, 5.41) is 0.557. The lowest BCUT2D eigenvalue weighted by molar-refractivity contribution is 0.579. The molecule has 1 unspecified atom stereocenters. The van der Waals surface area contributed by atoms with E-state index in [-0.39, 0.29) is 0 Å². The first-order valence-corrected chi connectivity index (χ1v) is 6.05. The number of rotatable bonds is 2. The Bertz CT molecular complexity index is 337. The molecule has 0 bridgehead atoms. The summed E-state index contributed by atoms with van der Waals surface area (Å²) in [5.41, 5.74) is 0. The summed E-state index contributed by atoms with van der Waals surface area (Å²) in [6, 6.07) is 6.34. The van der Waals surface area contributed by atoms with Gasteiger partial charge in [0.25, 0.3) is 0 Å². The van der Waals surface area contributed by atoms with Crippen molar-refractivity contribution in [3.63, 3.8) is 0 Å². The quantitative estimate of drug-likeness (QED) is 0.623. The van der Waals surface area contributed by atoms with Crippen LogP contribution in [0.1, 0.15) is 6.92 Å². The zero-order valence-corrected chi connectivity index (χ0v) is 9.29. The second-order valence-electron chi connectivity index (χ2n) is 2.60. The molecule has 1 N–H and O–H groups in total. The van der Waals surface area contributed by atoms with E-state index in [1.54, 1.807) is 31.2 Å². The first kappa shape index (κ1) is 11.0. The van der Waals surface area contributed by atoms with E-state index in [4.69, 9.17) is 28.0 Å². The van der Waals surface area contributed by atoms with Crippen molar-refractivity contribution < 1.29 is 4.55 Å². The average molecular weight is 238 g/mol. The summed E-state index contributed by atoms with van der Waals surface area (Å²) in [6.07, 6.45) is 0. The monoisotopic (exact) mass is 237 g/mol. The standard InChI is InChI=1S/C8H9Cl2NOS/c1-6(9)13(11,12)8-4-2-7(10)3-5-8/h2-6H,1H3,(H-,11,12)/t6-,13?/m0/s1. The van der Waals surface area contributed by atoms with Gasteiger partial charge in [-0.05, 0) is 41.3 Å². The molecule has 0 aliphatic rings. The molecule has 0 saturated carbocycles. The number of hydrogen-bond donors (Lipinski definition) is 1. The fraction of sp³-hybridized carbons (Fsp3) is 0.250. The fourth-order valence-corrected chi connectivity index (χ4v) is 2.17. The maximum Gasteiger partial charge on any atom is 0.176 e. The molecule has 72 valence electrons. The van der Waals surface area contributed by atoms with Crippen molar-refractivity contribution in [1.82, 2.24) is 0 Å². The maximum absolute atomic E-state index is 11.7. The van der Waals surface area contributed by atoms with Crippen LogP contribution in [0.2, 0.25) is 5.02 Å². The Kier molecular flexibility index (Phi) is 3.35. The zero-order valence-electron chi connectivity index (χ0n) is 6.96. The van der Waals surface area contributed by atoms with Crippen LogP contribution in [0.3, 0.4) is 0 Å². The van der Waals surface area contributed by atoms with Gasteiger partial charge in [0.2, 0.25) is 0 Å². The molecular weight excluding hydrogens is 229 g/mol. The van der Waals surface area contributed by atoms with Crippen LogP contribution in [-0.4, -0.2) is 9.26 Å². The lowest BCUT2D eigenvalue weighted by Gasteiger charge is -2.21. The third-order valence-corrected chi connectivity index (χ3v) is 4.51. The second-order valence-corrected chi connectivity index (χ2v) is 6.33. The lowest BCUT2D eigenvalue weighted by atomic mass is 10.4. The highest BCUT2D eigenvalue weighted by molar-refractivity contribution is 8.00. The van der Waals surface area contributed by atoms with Crippen LogP contribution >= 0.6 is 23.2 Å². The minimum Gasteiger partial charge on any atom is -0.626 e. The molecule has 1 aromatic carbocycles. The number of alkyl halides is 1. The van der Waals surface area contributed by atoms with Gasteiger partial charge in [0.15, 0.2) is 4.71 Å². The van der Waals surface area contributed by atoms with Crippen LogP contribution < -0.4 is 0 Å². The maximum atomic E-state index is 11.7. The highest BCUT2D eigenvalue weighted by Gasteiger charge is 2.20. The van der Waals surface area contributed by atoms with Gasteiger partial charge in [-0.25, -0.2) is 0 Å². The molecule has 0 fully saturated rings. The van der Waals surface area contributed by atoms with Crippen LogP contribution in [0, 0.1) is 4.78 Å². The van der Waals surface area contributed by atoms with E-state index in [1.165, 1.54) is 0 Å². The van der Waals surface area contributed by atoms with Crippen LogP contribution in [-0.2, 0) is 10.1 Å². The van der Waals surface area contributed by atoms with Crippen LogP contribution in [0.4, 0.5) is 0 Å². The van der Waals surface area contributed by atoms with Gasteiger partial charge >= 0.3 is 0 Å². The lowest BCUT2D eigenvalue weighted by Crippen LogP contribution is -2.18. The predicted molar refractivity (Wildman–Crippen MR) is 55.9 cm³/mol. The van der Waals surface area contributed by atoms with E-state index in [0.717, 1.165) is 0 Å². The molecule has 0 amide bonds. The molecule has 0 radical (unpaired) electrons. The molecule has 0 heterocycles. The topological polar surface area (TPSA) is 46.9 Å². The Morgan fingerprint density at radius 2 is 1.85 bits per heavy atom. The van der Waals surface area contributed by atoms with Crippen LogP contribution in [0.25, 0.3) is 0 Å². The van der Waals surface area contributed by atoms with Gasteiger partial charge in [0, 0.05) is 5.02 Å². The zero-order chi connectivity index (χ0) is 10.1. The Morgan fingerprint density at radius 1 is 1.38 bits per heavy atom. The summed E-state index contributed by atoms with van der Waals surface area (Å²) in [6.45, 7) is 1.55. The molecule has 0 saturated heterocycles. The summed E-state index contributed by atoms with van der Waals surface area (Å²) >= 11 is 11.3. The Hall–Kier alpha value is -0.0900. The molecule has 0 aliphatic carbocycles. The van der Waals surface area contributed by atoms with Crippen molar-refractivity contribution >= 4 is 33.3 Å². The Labute approximate surface area is 88.6 Å². The molecule has 5 heteroatoms. The molecule has 0 aromatic heterocycles. The van der Waals surface area contributed by atoms with Crippen LogP contribution in [0.5, 0.6) is 0 Å². The van der Waals surface area contributed by atoms with Crippen molar-refractivity contribution in [2.75, 3.05) is 0 Å². The number of hydrogen-bond acceptors (Lipinski definition) is 2. The van der Waals surface area contributed by atoms with Crippen molar-refractivity contribution in [2.45, 2.75) is 16.5 Å². The van der Waals surface area contributed by atoms with Gasteiger partial charge in [-0.3, -0.25) is 0 Å². The van der Waals surface area contributed by atoms with E-state index < -0.39 is 14.8 Å². The smallest absolute Gasteiger partial charge is 0.176 e. The molecule has 0 spiro atoms. The highest BCUT2D eigenvalue weighted by atomic mass is 35.5. The largest absolute Gasteiger partial charge is 0.626 e. The second kappa shape index (κ2) is 3.96. The third-order valence-electron chi connectivity index (χ3n) is 1.62. The van der Waals surface area contributed by atoms with Gasteiger partial charge in [-0.15, -0.1) is 0 Å². The number of benzene rings is 1. The highest BCUT2D eigenvalue weighted by Crippen LogP contribution is 2.25. The summed E-state index contributed by atoms with van der Waals surface area (Å²) in [5.74, 6) is 0. The number of nitrogens with one attached hydrogen (secondary N) is 1. The first-order chi connectivity index (χ1) is 5.94.